The predicted molar refractivity (Wildman–Crippen MR) is 285 cm³/mol. The summed E-state index contributed by atoms with van der Waals surface area (Å²) in [5, 5.41) is 16.9. The Labute approximate surface area is 486 Å². The van der Waals surface area contributed by atoms with Crippen LogP contribution in [0.25, 0.3) is 0 Å². The standard InChI is InChI=1S/C26H17Cl7FNO8S.C20H16Cl4FNO6/c1-40-35-10-21(34)24(42-26(37)15-5-3-13(28)7-17(15)30)22(11-41-25(36)14-4-2-12(27)6-16(14)29)43-44(38,39)23-9-19(32)18(31)8-20(23)33;1-30-26-8-16(25)18(32-20(29)13-5-3-11(22)7-15(13)24)17(27)9-31-19(28)12-4-2-10(21)6-14(12)23/h2-10,21-22,24H,11H2,1H3;2-8,16-18,27H,9H2,1H3/t21-,22-,24+;16-,17-,18+/m11/s1. The first-order valence-electron chi connectivity index (χ1n) is 20.5. The van der Waals surface area contributed by atoms with Gasteiger partial charge in [0.05, 0.1) is 69.8 Å². The number of rotatable bonds is 21. The number of alkyl halides is 2. The Kier molecular flexibility index (Phi) is 25.6. The molecule has 408 valence electrons. The topological polar surface area (TPSA) is 212 Å². The van der Waals surface area contributed by atoms with Crippen molar-refractivity contribution in [3.8, 4) is 0 Å². The number of carbonyl (C=O) groups excluding carboxylic acids is 4. The molecule has 30 heteroatoms. The Balaban J connectivity index is 0.000000346. The molecular formula is C46H33Cl11F2N2O14S. The summed E-state index contributed by atoms with van der Waals surface area (Å²) in [4.78, 5) is 58.8. The number of aliphatic hydroxyl groups is 1. The Bertz CT molecular complexity index is 3090. The Morgan fingerprint density at radius 2 is 0.868 bits per heavy atom. The lowest BCUT2D eigenvalue weighted by Gasteiger charge is -2.27. The fourth-order valence-electron chi connectivity index (χ4n) is 5.76. The van der Waals surface area contributed by atoms with Crippen molar-refractivity contribution in [3.05, 3.63) is 162 Å². The number of oxime groups is 2. The fraction of sp³-hybridized carbons (Fsp3) is 0.217. The zero-order chi connectivity index (χ0) is 56.6. The number of carbonyl (C=O) groups is 4. The van der Waals surface area contributed by atoms with E-state index < -0.39 is 93.9 Å². The number of benzene rings is 5. The number of hydrogen-bond donors (Lipinski definition) is 1. The van der Waals surface area contributed by atoms with Crippen molar-refractivity contribution in [1.29, 1.82) is 0 Å². The Morgan fingerprint density at radius 1 is 0.513 bits per heavy atom. The number of esters is 4. The van der Waals surface area contributed by atoms with Gasteiger partial charge in [-0.15, -0.1) is 0 Å². The molecule has 0 bridgehead atoms. The highest BCUT2D eigenvalue weighted by molar-refractivity contribution is 7.87. The largest absolute Gasteiger partial charge is 0.459 e. The van der Waals surface area contributed by atoms with Crippen LogP contribution in [-0.2, 0) is 42.9 Å². The summed E-state index contributed by atoms with van der Waals surface area (Å²) in [6, 6.07) is 17.5. The van der Waals surface area contributed by atoms with Crippen LogP contribution in [-0.4, -0.2) is 114 Å². The molecule has 0 saturated heterocycles. The molecule has 76 heavy (non-hydrogen) atoms. The molecule has 5 aromatic rings. The maximum atomic E-state index is 15.6. The SMILES string of the molecule is CON=C[C@@H](F)[C@H](OC(=O)c1ccc(Cl)cc1Cl)[C@@H](COC(=O)c1ccc(Cl)cc1Cl)OS(=O)(=O)c1cc(Cl)c(Cl)cc1Cl.CON=C[C@@H](F)[C@H](OC(=O)c1ccc(Cl)cc1Cl)[C@H](O)COC(=O)c1ccc(Cl)cc1Cl. The molecule has 6 atom stereocenters. The summed E-state index contributed by atoms with van der Waals surface area (Å²) >= 11 is 65.4. The zero-order valence-corrected chi connectivity index (χ0v) is 47.2. The minimum absolute atomic E-state index is 0.0212. The van der Waals surface area contributed by atoms with E-state index >= 15 is 4.39 Å². The third-order valence-electron chi connectivity index (χ3n) is 9.34. The van der Waals surface area contributed by atoms with Crippen LogP contribution in [0.15, 0.2) is 100 Å². The van der Waals surface area contributed by atoms with Crippen LogP contribution in [0.5, 0.6) is 0 Å². The Hall–Kier alpha value is -4.16. The van der Waals surface area contributed by atoms with Gasteiger partial charge in [-0.3, -0.25) is 4.18 Å². The van der Waals surface area contributed by atoms with E-state index in [0.29, 0.717) is 17.5 Å². The number of aliphatic hydroxyl groups excluding tert-OH is 1. The quantitative estimate of drug-likeness (QED) is 0.0181. The summed E-state index contributed by atoms with van der Waals surface area (Å²) in [5.74, 6) is -4.26. The highest BCUT2D eigenvalue weighted by Gasteiger charge is 2.40. The molecule has 0 aliphatic heterocycles. The highest BCUT2D eigenvalue weighted by atomic mass is 35.5. The van der Waals surface area contributed by atoms with E-state index in [0.717, 1.165) is 19.2 Å². The minimum atomic E-state index is -4.96. The van der Waals surface area contributed by atoms with Gasteiger partial charge < -0.3 is 33.7 Å². The van der Waals surface area contributed by atoms with Gasteiger partial charge in [0.1, 0.15) is 38.4 Å². The van der Waals surface area contributed by atoms with Crippen molar-refractivity contribution in [1.82, 2.24) is 0 Å². The summed E-state index contributed by atoms with van der Waals surface area (Å²) in [5.41, 5.74) is -0.586. The van der Waals surface area contributed by atoms with Crippen molar-refractivity contribution < 1.29 is 74.3 Å². The van der Waals surface area contributed by atoms with Gasteiger partial charge in [-0.1, -0.05) is 138 Å². The molecule has 0 saturated carbocycles. The first kappa shape index (κ1) is 64.4. The van der Waals surface area contributed by atoms with Crippen molar-refractivity contribution in [3.63, 3.8) is 0 Å². The van der Waals surface area contributed by atoms with Crippen LogP contribution in [0.4, 0.5) is 8.78 Å². The second-order valence-electron chi connectivity index (χ2n) is 14.5. The van der Waals surface area contributed by atoms with E-state index in [-0.39, 0.29) is 67.5 Å². The molecule has 0 aromatic heterocycles. The summed E-state index contributed by atoms with van der Waals surface area (Å²) in [6.07, 6.45) is -11.2. The van der Waals surface area contributed by atoms with Crippen molar-refractivity contribution in [2.24, 2.45) is 10.3 Å². The molecule has 0 aliphatic rings. The van der Waals surface area contributed by atoms with Crippen molar-refractivity contribution in [2.45, 2.75) is 41.7 Å². The van der Waals surface area contributed by atoms with Gasteiger partial charge in [0, 0.05) is 20.1 Å². The van der Waals surface area contributed by atoms with Gasteiger partial charge in [-0.05, 0) is 84.9 Å². The molecule has 0 spiro atoms. The first-order valence-corrected chi connectivity index (χ1v) is 26.1. The number of nitrogens with zero attached hydrogens (tertiary/aromatic N) is 2. The van der Waals surface area contributed by atoms with Gasteiger partial charge in [0.25, 0.3) is 10.1 Å². The molecule has 0 unspecified atom stereocenters. The first-order chi connectivity index (χ1) is 35.8. The number of ether oxygens (including phenoxy) is 4. The van der Waals surface area contributed by atoms with Crippen molar-refractivity contribution >= 4 is 174 Å². The minimum Gasteiger partial charge on any atom is -0.459 e. The molecule has 16 nitrogen and oxygen atoms in total. The number of halogens is 13. The average molecular weight is 1300 g/mol. The van der Waals surface area contributed by atoms with E-state index in [4.69, 9.17) is 151 Å². The van der Waals surface area contributed by atoms with E-state index in [1.165, 1.54) is 79.9 Å². The average Bonchev–Trinajstić information content (AvgIpc) is 3.34. The monoisotopic (exact) mass is 1290 g/mol. The normalized spacial score (nSPS) is 13.8. The molecular weight excluding hydrogens is 1260 g/mol. The maximum Gasteiger partial charge on any atom is 0.340 e. The Morgan fingerprint density at radius 3 is 1.26 bits per heavy atom. The van der Waals surface area contributed by atoms with Crippen LogP contribution in [0.3, 0.4) is 0 Å². The van der Waals surface area contributed by atoms with E-state index in [1.807, 2.05) is 0 Å². The van der Waals surface area contributed by atoms with Gasteiger partial charge >= 0.3 is 23.9 Å². The summed E-state index contributed by atoms with van der Waals surface area (Å²) in [6.45, 7) is -1.76. The molecule has 0 fully saturated rings. The molecule has 0 aliphatic carbocycles. The van der Waals surface area contributed by atoms with Crippen LogP contribution in [0, 0.1) is 0 Å². The third kappa shape index (κ3) is 18.8. The van der Waals surface area contributed by atoms with Crippen molar-refractivity contribution in [2.75, 3.05) is 27.4 Å². The van der Waals surface area contributed by atoms with Crippen LogP contribution in [0.2, 0.25) is 55.2 Å². The predicted octanol–water partition coefficient (Wildman–Crippen LogP) is 13.4. The molecule has 5 aromatic carbocycles. The van der Waals surface area contributed by atoms with Crippen LogP contribution >= 0.6 is 128 Å². The second kappa shape index (κ2) is 30.3. The maximum absolute atomic E-state index is 15.6. The molecule has 5 rings (SSSR count). The van der Waals surface area contributed by atoms with E-state index in [1.54, 1.807) is 0 Å². The van der Waals surface area contributed by atoms with Gasteiger partial charge in [-0.25, -0.2) is 28.0 Å². The lowest BCUT2D eigenvalue weighted by molar-refractivity contribution is -0.0594. The summed E-state index contributed by atoms with van der Waals surface area (Å²) in [7, 11) is -2.69. The van der Waals surface area contributed by atoms with Crippen LogP contribution in [0.1, 0.15) is 41.4 Å². The molecule has 1 N–H and O–H groups in total. The number of hydrogen-bond acceptors (Lipinski definition) is 16. The smallest absolute Gasteiger partial charge is 0.340 e. The van der Waals surface area contributed by atoms with Crippen LogP contribution < -0.4 is 0 Å². The fourth-order valence-corrected chi connectivity index (χ4v) is 9.75. The van der Waals surface area contributed by atoms with E-state index in [2.05, 4.69) is 20.0 Å². The second-order valence-corrected chi connectivity index (χ2v) is 20.7. The van der Waals surface area contributed by atoms with Gasteiger partial charge in [-0.2, -0.15) is 8.42 Å². The molecule has 0 heterocycles. The van der Waals surface area contributed by atoms with E-state index in [9.17, 15) is 37.1 Å². The van der Waals surface area contributed by atoms with Gasteiger partial charge in [0.15, 0.2) is 30.7 Å². The van der Waals surface area contributed by atoms with Gasteiger partial charge in [0.2, 0.25) is 0 Å². The third-order valence-corrected chi connectivity index (χ3v) is 14.1. The highest BCUT2D eigenvalue weighted by Crippen LogP contribution is 2.34. The zero-order valence-electron chi connectivity index (χ0n) is 38.1. The summed E-state index contributed by atoms with van der Waals surface area (Å²) < 4.78 is 82.8. The lowest BCUT2D eigenvalue weighted by Crippen LogP contribution is -2.45. The molecule has 0 radical (unpaired) electrons. The molecule has 0 amide bonds. The lowest BCUT2D eigenvalue weighted by atomic mass is 10.1.